The van der Waals surface area contributed by atoms with Crippen LogP contribution in [0.3, 0.4) is 0 Å². The van der Waals surface area contributed by atoms with Gasteiger partial charge in [-0.1, -0.05) is 30.4 Å². The SMILES string of the molecule is CS(=O)(=O)Nc1ccc(CNC(=O)/C=C/C2=CC=CC2)cc1F. The lowest BCUT2D eigenvalue weighted by Gasteiger charge is -2.08. The second kappa shape index (κ2) is 7.23. The van der Waals surface area contributed by atoms with Gasteiger partial charge in [0.25, 0.3) is 0 Å². The molecule has 0 saturated heterocycles. The molecule has 122 valence electrons. The molecule has 1 aromatic carbocycles. The third kappa shape index (κ3) is 5.71. The fourth-order valence-corrected chi connectivity index (χ4v) is 2.53. The van der Waals surface area contributed by atoms with Gasteiger partial charge in [0.15, 0.2) is 0 Å². The number of anilines is 1. The van der Waals surface area contributed by atoms with E-state index in [4.69, 9.17) is 0 Å². The van der Waals surface area contributed by atoms with E-state index in [1.54, 1.807) is 12.1 Å². The number of carbonyl (C=O) groups is 1. The van der Waals surface area contributed by atoms with Gasteiger partial charge in [-0.3, -0.25) is 9.52 Å². The van der Waals surface area contributed by atoms with E-state index >= 15 is 0 Å². The Bertz CT molecular complexity index is 796. The van der Waals surface area contributed by atoms with E-state index < -0.39 is 15.8 Å². The first kappa shape index (κ1) is 17.0. The van der Waals surface area contributed by atoms with Crippen LogP contribution in [0.4, 0.5) is 10.1 Å². The molecule has 0 radical (unpaired) electrons. The Hall–Kier alpha value is -2.41. The molecule has 2 rings (SSSR count). The van der Waals surface area contributed by atoms with Crippen LogP contribution in [0, 0.1) is 5.82 Å². The minimum Gasteiger partial charge on any atom is -0.348 e. The maximum atomic E-state index is 13.8. The van der Waals surface area contributed by atoms with Crippen molar-refractivity contribution in [1.29, 1.82) is 0 Å². The number of hydrogen-bond donors (Lipinski definition) is 2. The van der Waals surface area contributed by atoms with Gasteiger partial charge in [-0.2, -0.15) is 0 Å². The number of hydrogen-bond acceptors (Lipinski definition) is 3. The molecule has 0 saturated carbocycles. The Labute approximate surface area is 134 Å². The number of carbonyl (C=O) groups excluding carboxylic acids is 1. The zero-order chi connectivity index (χ0) is 16.9. The molecule has 1 amide bonds. The molecule has 23 heavy (non-hydrogen) atoms. The average Bonchev–Trinajstić information content (AvgIpc) is 2.97. The number of rotatable bonds is 6. The Morgan fingerprint density at radius 1 is 1.39 bits per heavy atom. The number of allylic oxidation sites excluding steroid dienone is 5. The highest BCUT2D eigenvalue weighted by atomic mass is 32.2. The maximum absolute atomic E-state index is 13.8. The first-order valence-corrected chi connectivity index (χ1v) is 8.80. The summed E-state index contributed by atoms with van der Waals surface area (Å²) in [4.78, 5) is 11.7. The van der Waals surface area contributed by atoms with E-state index in [0.717, 1.165) is 18.2 Å². The largest absolute Gasteiger partial charge is 0.348 e. The zero-order valence-corrected chi connectivity index (χ0v) is 13.4. The summed E-state index contributed by atoms with van der Waals surface area (Å²) in [5, 5.41) is 2.64. The summed E-state index contributed by atoms with van der Waals surface area (Å²) in [6, 6.07) is 4.05. The summed E-state index contributed by atoms with van der Waals surface area (Å²) < 4.78 is 38.0. The predicted octanol–water partition coefficient (Wildman–Crippen LogP) is 2.26. The lowest BCUT2D eigenvalue weighted by molar-refractivity contribution is -0.116. The van der Waals surface area contributed by atoms with Crippen LogP contribution in [0.2, 0.25) is 0 Å². The van der Waals surface area contributed by atoms with Crippen LogP contribution in [0.15, 0.2) is 54.2 Å². The molecular weight excluding hydrogens is 319 g/mol. The third-order valence-corrected chi connectivity index (χ3v) is 3.64. The van der Waals surface area contributed by atoms with Crippen molar-refractivity contribution in [1.82, 2.24) is 5.32 Å². The molecule has 1 aromatic rings. The molecule has 0 atom stereocenters. The molecule has 0 fully saturated rings. The van der Waals surface area contributed by atoms with E-state index in [1.165, 1.54) is 18.2 Å². The van der Waals surface area contributed by atoms with E-state index in [1.807, 2.05) is 18.2 Å². The molecule has 0 aliphatic heterocycles. The summed E-state index contributed by atoms with van der Waals surface area (Å²) >= 11 is 0. The summed E-state index contributed by atoms with van der Waals surface area (Å²) in [5.41, 5.74) is 1.45. The van der Waals surface area contributed by atoms with Crippen LogP contribution >= 0.6 is 0 Å². The summed E-state index contributed by atoms with van der Waals surface area (Å²) in [6.07, 6.45) is 10.8. The monoisotopic (exact) mass is 336 g/mol. The molecule has 1 aliphatic carbocycles. The van der Waals surface area contributed by atoms with Crippen molar-refractivity contribution < 1.29 is 17.6 Å². The van der Waals surface area contributed by atoms with Gasteiger partial charge in [0, 0.05) is 12.6 Å². The highest BCUT2D eigenvalue weighted by molar-refractivity contribution is 7.92. The van der Waals surface area contributed by atoms with Gasteiger partial charge in [-0.25, -0.2) is 12.8 Å². The van der Waals surface area contributed by atoms with Crippen LogP contribution in [-0.4, -0.2) is 20.6 Å². The van der Waals surface area contributed by atoms with Crippen molar-refractivity contribution in [3.05, 3.63) is 65.5 Å². The molecule has 0 bridgehead atoms. The van der Waals surface area contributed by atoms with Crippen molar-refractivity contribution in [2.75, 3.05) is 11.0 Å². The van der Waals surface area contributed by atoms with Gasteiger partial charge in [-0.15, -0.1) is 0 Å². The molecule has 0 aromatic heterocycles. The number of benzene rings is 1. The van der Waals surface area contributed by atoms with Crippen LogP contribution in [0.1, 0.15) is 12.0 Å². The van der Waals surface area contributed by atoms with E-state index in [9.17, 15) is 17.6 Å². The van der Waals surface area contributed by atoms with Crippen LogP contribution in [-0.2, 0) is 21.4 Å². The Morgan fingerprint density at radius 2 is 2.17 bits per heavy atom. The lowest BCUT2D eigenvalue weighted by atomic mass is 10.2. The molecule has 0 spiro atoms. The smallest absolute Gasteiger partial charge is 0.244 e. The molecule has 2 N–H and O–H groups in total. The minimum absolute atomic E-state index is 0.122. The highest BCUT2D eigenvalue weighted by Gasteiger charge is 2.08. The van der Waals surface area contributed by atoms with Gasteiger partial charge in [0.05, 0.1) is 11.9 Å². The van der Waals surface area contributed by atoms with Gasteiger partial charge < -0.3 is 5.32 Å². The fourth-order valence-electron chi connectivity index (χ4n) is 1.97. The van der Waals surface area contributed by atoms with Gasteiger partial charge in [0.1, 0.15) is 5.82 Å². The summed E-state index contributed by atoms with van der Waals surface area (Å²) in [5.74, 6) is -0.976. The first-order chi connectivity index (χ1) is 10.8. The van der Waals surface area contributed by atoms with Crippen molar-refractivity contribution in [3.8, 4) is 0 Å². The third-order valence-electron chi connectivity index (χ3n) is 3.04. The predicted molar refractivity (Wildman–Crippen MR) is 87.7 cm³/mol. The number of halogens is 1. The first-order valence-electron chi connectivity index (χ1n) is 6.91. The zero-order valence-electron chi connectivity index (χ0n) is 12.5. The number of nitrogens with one attached hydrogen (secondary N) is 2. The van der Waals surface area contributed by atoms with Crippen molar-refractivity contribution in [3.63, 3.8) is 0 Å². The van der Waals surface area contributed by atoms with Crippen LogP contribution in [0.25, 0.3) is 0 Å². The van der Waals surface area contributed by atoms with E-state index in [0.29, 0.717) is 5.56 Å². The van der Waals surface area contributed by atoms with Gasteiger partial charge in [0.2, 0.25) is 15.9 Å². The average molecular weight is 336 g/mol. The summed E-state index contributed by atoms with van der Waals surface area (Å²) in [6.45, 7) is 0.149. The molecule has 7 heteroatoms. The van der Waals surface area contributed by atoms with E-state index in [2.05, 4.69) is 10.0 Å². The second-order valence-corrected chi connectivity index (χ2v) is 6.86. The van der Waals surface area contributed by atoms with Crippen LogP contribution in [0.5, 0.6) is 0 Å². The topological polar surface area (TPSA) is 75.3 Å². The van der Waals surface area contributed by atoms with Gasteiger partial charge >= 0.3 is 0 Å². The minimum atomic E-state index is -3.53. The van der Waals surface area contributed by atoms with Crippen LogP contribution < -0.4 is 10.0 Å². The highest BCUT2D eigenvalue weighted by Crippen LogP contribution is 2.17. The Kier molecular flexibility index (Phi) is 5.33. The molecule has 0 heterocycles. The quantitative estimate of drug-likeness (QED) is 0.783. The standard InChI is InChI=1S/C16H17FN2O3S/c1-23(21,22)19-15-8-6-13(10-14(15)17)11-18-16(20)9-7-12-4-2-3-5-12/h2-4,6-10,19H,5,11H2,1H3,(H,18,20)/b9-7+. The van der Waals surface area contributed by atoms with Crippen molar-refractivity contribution in [2.45, 2.75) is 13.0 Å². The molecular formula is C16H17FN2O3S. The fraction of sp³-hybridized carbons (Fsp3) is 0.188. The lowest BCUT2D eigenvalue weighted by Crippen LogP contribution is -2.20. The molecule has 5 nitrogen and oxygen atoms in total. The van der Waals surface area contributed by atoms with Crippen molar-refractivity contribution in [2.24, 2.45) is 0 Å². The molecule has 1 aliphatic rings. The summed E-state index contributed by atoms with van der Waals surface area (Å²) in [7, 11) is -3.53. The number of amides is 1. The second-order valence-electron chi connectivity index (χ2n) is 5.11. The normalized spacial score (nSPS) is 14.1. The van der Waals surface area contributed by atoms with Crippen molar-refractivity contribution >= 4 is 21.6 Å². The Morgan fingerprint density at radius 3 is 2.78 bits per heavy atom. The van der Waals surface area contributed by atoms with E-state index in [-0.39, 0.29) is 18.1 Å². The molecule has 0 unspecified atom stereocenters. The maximum Gasteiger partial charge on any atom is 0.244 e. The van der Waals surface area contributed by atoms with Gasteiger partial charge in [-0.05, 0) is 29.7 Å². The Balaban J connectivity index is 1.90. The number of sulfonamides is 1.